The summed E-state index contributed by atoms with van der Waals surface area (Å²) in [7, 11) is 1.29. The van der Waals surface area contributed by atoms with E-state index in [-0.39, 0.29) is 37.4 Å². The highest BCUT2D eigenvalue weighted by molar-refractivity contribution is 5.89. The second-order valence-electron chi connectivity index (χ2n) is 4.00. The highest BCUT2D eigenvalue weighted by atomic mass is 35.5. The summed E-state index contributed by atoms with van der Waals surface area (Å²) < 4.78 is 9.84. The molecule has 2 unspecified atom stereocenters. The van der Waals surface area contributed by atoms with Gasteiger partial charge in [-0.05, 0) is 0 Å². The maximum Gasteiger partial charge on any atom is 0.334 e. The monoisotopic (exact) mass is 266 g/mol. The molecule has 0 aromatic rings. The zero-order valence-corrected chi connectivity index (χ0v) is 10.8. The Morgan fingerprint density at radius 3 is 2.65 bits per heavy atom. The van der Waals surface area contributed by atoms with Crippen LogP contribution in [0.3, 0.4) is 0 Å². The van der Waals surface area contributed by atoms with Crippen molar-refractivity contribution in [1.82, 2.24) is 5.32 Å². The molecule has 1 amide bonds. The standard InChI is InChI=1S/C10H18N2O4.ClH/c1-7(5-11)8(13)12-10(9(14)15-2)3-4-16-6-10;/h7H,3-6,11H2,1-2H3,(H,12,13);1H. The van der Waals surface area contributed by atoms with E-state index in [4.69, 9.17) is 10.5 Å². The third kappa shape index (κ3) is 3.55. The van der Waals surface area contributed by atoms with Gasteiger partial charge in [-0.3, -0.25) is 4.79 Å². The molecule has 3 N–H and O–H groups in total. The number of esters is 1. The van der Waals surface area contributed by atoms with Crippen LogP contribution in [0.15, 0.2) is 0 Å². The van der Waals surface area contributed by atoms with Gasteiger partial charge in [-0.1, -0.05) is 6.92 Å². The fraction of sp³-hybridized carbons (Fsp3) is 0.800. The Morgan fingerprint density at radius 2 is 2.24 bits per heavy atom. The summed E-state index contributed by atoms with van der Waals surface area (Å²) in [6, 6.07) is 0. The molecule has 1 aliphatic heterocycles. The van der Waals surface area contributed by atoms with Crippen molar-refractivity contribution in [3.05, 3.63) is 0 Å². The van der Waals surface area contributed by atoms with E-state index in [1.54, 1.807) is 6.92 Å². The number of halogens is 1. The van der Waals surface area contributed by atoms with E-state index < -0.39 is 11.5 Å². The molecule has 7 heteroatoms. The summed E-state index contributed by atoms with van der Waals surface area (Å²) in [6.45, 7) is 2.54. The predicted molar refractivity (Wildman–Crippen MR) is 63.8 cm³/mol. The SMILES string of the molecule is COC(=O)C1(NC(=O)C(C)CN)CCOC1.Cl. The maximum absolute atomic E-state index is 11.7. The third-order valence-corrected chi connectivity index (χ3v) is 2.76. The normalized spacial score (nSPS) is 24.6. The molecule has 0 aliphatic carbocycles. The number of nitrogens with one attached hydrogen (secondary N) is 1. The molecule has 1 fully saturated rings. The first kappa shape index (κ1) is 16.1. The minimum atomic E-state index is -1.03. The molecule has 1 rings (SSSR count). The zero-order valence-electron chi connectivity index (χ0n) is 10.0. The lowest BCUT2D eigenvalue weighted by molar-refractivity contribution is -0.151. The molecule has 0 saturated carbocycles. The first-order chi connectivity index (χ1) is 7.55. The number of methoxy groups -OCH3 is 1. The van der Waals surface area contributed by atoms with E-state index in [0.717, 1.165) is 0 Å². The van der Waals surface area contributed by atoms with Crippen LogP contribution in [0.2, 0.25) is 0 Å². The molecule has 6 nitrogen and oxygen atoms in total. The largest absolute Gasteiger partial charge is 0.467 e. The van der Waals surface area contributed by atoms with Gasteiger partial charge >= 0.3 is 5.97 Å². The van der Waals surface area contributed by atoms with Crippen molar-refractivity contribution in [2.24, 2.45) is 11.7 Å². The molecule has 0 bridgehead atoms. The van der Waals surface area contributed by atoms with Crippen LogP contribution in [-0.4, -0.2) is 44.3 Å². The molecular formula is C10H19ClN2O4. The number of carbonyl (C=O) groups excluding carboxylic acids is 2. The third-order valence-electron chi connectivity index (χ3n) is 2.76. The van der Waals surface area contributed by atoms with E-state index in [2.05, 4.69) is 10.1 Å². The van der Waals surface area contributed by atoms with Crippen molar-refractivity contribution in [3.63, 3.8) is 0 Å². The number of amides is 1. The van der Waals surface area contributed by atoms with Crippen molar-refractivity contribution in [2.75, 3.05) is 26.9 Å². The summed E-state index contributed by atoms with van der Waals surface area (Å²) >= 11 is 0. The summed E-state index contributed by atoms with van der Waals surface area (Å²) in [6.07, 6.45) is 0.433. The lowest BCUT2D eigenvalue weighted by atomic mass is 9.97. The number of nitrogens with two attached hydrogens (primary N) is 1. The molecule has 1 saturated heterocycles. The van der Waals surface area contributed by atoms with E-state index in [1.807, 2.05) is 0 Å². The van der Waals surface area contributed by atoms with Gasteiger partial charge in [-0.25, -0.2) is 4.79 Å². The van der Waals surface area contributed by atoms with Gasteiger partial charge in [-0.15, -0.1) is 12.4 Å². The average Bonchev–Trinajstić information content (AvgIpc) is 2.76. The smallest absolute Gasteiger partial charge is 0.334 e. The molecule has 2 atom stereocenters. The van der Waals surface area contributed by atoms with Gasteiger partial charge in [0.25, 0.3) is 0 Å². The topological polar surface area (TPSA) is 90.7 Å². The molecule has 0 aromatic carbocycles. The lowest BCUT2D eigenvalue weighted by Crippen LogP contribution is -2.57. The molecule has 1 heterocycles. The number of hydrogen-bond donors (Lipinski definition) is 2. The van der Waals surface area contributed by atoms with Crippen LogP contribution in [0.5, 0.6) is 0 Å². The number of rotatable bonds is 4. The van der Waals surface area contributed by atoms with Crippen molar-refractivity contribution in [3.8, 4) is 0 Å². The van der Waals surface area contributed by atoms with Gasteiger partial charge in [0.05, 0.1) is 13.7 Å². The molecule has 0 aromatic heterocycles. The molecular weight excluding hydrogens is 248 g/mol. The second-order valence-corrected chi connectivity index (χ2v) is 4.00. The maximum atomic E-state index is 11.7. The second kappa shape index (κ2) is 6.78. The van der Waals surface area contributed by atoms with Crippen molar-refractivity contribution in [1.29, 1.82) is 0 Å². The highest BCUT2D eigenvalue weighted by Gasteiger charge is 2.45. The van der Waals surface area contributed by atoms with Gasteiger partial charge in [-0.2, -0.15) is 0 Å². The minimum absolute atomic E-state index is 0. The Kier molecular flexibility index (Phi) is 6.44. The van der Waals surface area contributed by atoms with Crippen LogP contribution in [0.25, 0.3) is 0 Å². The summed E-state index contributed by atoms with van der Waals surface area (Å²) in [5.41, 5.74) is 4.36. The predicted octanol–water partition coefficient (Wildman–Crippen LogP) is -0.549. The van der Waals surface area contributed by atoms with E-state index in [9.17, 15) is 9.59 Å². The van der Waals surface area contributed by atoms with Gasteiger partial charge in [0.1, 0.15) is 0 Å². The fourth-order valence-corrected chi connectivity index (χ4v) is 1.54. The lowest BCUT2D eigenvalue weighted by Gasteiger charge is -2.26. The van der Waals surface area contributed by atoms with Gasteiger partial charge in [0.2, 0.25) is 5.91 Å². The summed E-state index contributed by atoms with van der Waals surface area (Å²) in [5, 5.41) is 2.68. The molecule has 0 radical (unpaired) electrons. The van der Waals surface area contributed by atoms with Gasteiger partial charge < -0.3 is 20.5 Å². The van der Waals surface area contributed by atoms with Gasteiger partial charge in [0, 0.05) is 25.5 Å². The quantitative estimate of drug-likeness (QED) is 0.667. The minimum Gasteiger partial charge on any atom is -0.467 e. The Morgan fingerprint density at radius 1 is 1.59 bits per heavy atom. The Bertz CT molecular complexity index is 279. The molecule has 0 spiro atoms. The van der Waals surface area contributed by atoms with Crippen LogP contribution < -0.4 is 11.1 Å². The van der Waals surface area contributed by atoms with Crippen molar-refractivity contribution < 1.29 is 19.1 Å². The van der Waals surface area contributed by atoms with Crippen molar-refractivity contribution >= 4 is 24.3 Å². The van der Waals surface area contributed by atoms with Crippen LogP contribution in [0.1, 0.15) is 13.3 Å². The van der Waals surface area contributed by atoms with E-state index in [0.29, 0.717) is 13.0 Å². The Labute approximate surface area is 107 Å². The van der Waals surface area contributed by atoms with Crippen molar-refractivity contribution in [2.45, 2.75) is 18.9 Å². The van der Waals surface area contributed by atoms with E-state index >= 15 is 0 Å². The summed E-state index contributed by atoms with van der Waals surface area (Å²) in [5.74, 6) is -1.05. The Hall–Kier alpha value is -0.850. The van der Waals surface area contributed by atoms with Crippen LogP contribution in [0, 0.1) is 5.92 Å². The zero-order chi connectivity index (χ0) is 12.2. The number of carbonyl (C=O) groups is 2. The van der Waals surface area contributed by atoms with Crippen LogP contribution >= 0.6 is 12.4 Å². The number of ether oxygens (including phenoxy) is 2. The number of hydrogen-bond acceptors (Lipinski definition) is 5. The van der Waals surface area contributed by atoms with Crippen LogP contribution in [0.4, 0.5) is 0 Å². The summed E-state index contributed by atoms with van der Waals surface area (Å²) in [4.78, 5) is 23.3. The molecule has 1 aliphatic rings. The first-order valence-corrected chi connectivity index (χ1v) is 5.24. The molecule has 100 valence electrons. The van der Waals surface area contributed by atoms with Crippen LogP contribution in [-0.2, 0) is 19.1 Å². The fourth-order valence-electron chi connectivity index (χ4n) is 1.54. The van der Waals surface area contributed by atoms with E-state index in [1.165, 1.54) is 7.11 Å². The molecule has 17 heavy (non-hydrogen) atoms. The first-order valence-electron chi connectivity index (χ1n) is 5.24. The average molecular weight is 267 g/mol. The highest BCUT2D eigenvalue weighted by Crippen LogP contribution is 2.20. The van der Waals surface area contributed by atoms with Gasteiger partial charge in [0.15, 0.2) is 5.54 Å². The Balaban J connectivity index is 0.00000256.